The zero-order chi connectivity index (χ0) is 25.7. The van der Waals surface area contributed by atoms with Crippen LogP contribution in [0.3, 0.4) is 0 Å². The lowest BCUT2D eigenvalue weighted by Gasteiger charge is -2.17. The van der Waals surface area contributed by atoms with Gasteiger partial charge in [-0.25, -0.2) is 4.99 Å². The van der Waals surface area contributed by atoms with E-state index in [1.54, 1.807) is 49.7 Å². The molecule has 0 bridgehead atoms. The molecular formula is C27H27ClN2O5S. The highest BCUT2D eigenvalue weighted by Crippen LogP contribution is 2.40. The van der Waals surface area contributed by atoms with E-state index in [9.17, 15) is 4.79 Å². The smallest absolute Gasteiger partial charge is 0.267 e. The lowest BCUT2D eigenvalue weighted by atomic mass is 10.1. The zero-order valence-electron chi connectivity index (χ0n) is 20.5. The molecule has 2 heterocycles. The third kappa shape index (κ3) is 5.88. The molecule has 1 atom stereocenters. The molecule has 0 spiro atoms. The number of carbonyl (C=O) groups excluding carboxylic acids is 1. The van der Waals surface area contributed by atoms with Crippen LogP contribution in [0, 0.1) is 0 Å². The standard InChI is InChI=1S/C27H27ClN2O5S/c1-5-17(2)35-25-22(28)13-18(14-23(25)33-4)15-24-26(31)30(16-21-7-6-12-34-21)27(36-24)29-19-8-10-20(32-3)11-9-19/h6-15,17H,5,16H2,1-4H3/b24-15-,29-27?/t17-/m1/s1. The molecular weight excluding hydrogens is 500 g/mol. The maximum atomic E-state index is 13.4. The van der Waals surface area contributed by atoms with Gasteiger partial charge >= 0.3 is 0 Å². The molecule has 36 heavy (non-hydrogen) atoms. The van der Waals surface area contributed by atoms with Crippen LogP contribution in [-0.4, -0.2) is 36.3 Å². The van der Waals surface area contributed by atoms with E-state index in [0.29, 0.717) is 43.6 Å². The number of furan rings is 1. The molecule has 3 aromatic rings. The topological polar surface area (TPSA) is 73.5 Å². The second-order valence-corrected chi connectivity index (χ2v) is 9.46. The largest absolute Gasteiger partial charge is 0.497 e. The number of halogens is 1. The molecule has 0 aliphatic carbocycles. The van der Waals surface area contributed by atoms with Crippen LogP contribution in [0.5, 0.6) is 17.2 Å². The molecule has 1 aliphatic rings. The average Bonchev–Trinajstić information content (AvgIpc) is 3.50. The molecule has 1 amide bonds. The molecule has 7 nitrogen and oxygen atoms in total. The van der Waals surface area contributed by atoms with Gasteiger partial charge in [-0.05, 0) is 85.3 Å². The first kappa shape index (κ1) is 25.7. The summed E-state index contributed by atoms with van der Waals surface area (Å²) in [6, 6.07) is 14.5. The van der Waals surface area contributed by atoms with E-state index >= 15 is 0 Å². The van der Waals surface area contributed by atoms with Gasteiger partial charge in [0.05, 0.1) is 48.7 Å². The van der Waals surface area contributed by atoms with Crippen molar-refractivity contribution in [2.45, 2.75) is 32.9 Å². The SMILES string of the molecule is CC[C@@H](C)Oc1c(Cl)cc(/C=C2\SC(=Nc3ccc(OC)cc3)N(Cc3ccco3)C2=O)cc1OC. The molecule has 1 fully saturated rings. The Balaban J connectivity index is 1.68. The molecule has 1 saturated heterocycles. The average molecular weight is 527 g/mol. The maximum Gasteiger partial charge on any atom is 0.267 e. The van der Waals surface area contributed by atoms with E-state index in [0.717, 1.165) is 12.2 Å². The number of amides is 1. The molecule has 2 aromatic carbocycles. The first-order valence-electron chi connectivity index (χ1n) is 11.4. The van der Waals surface area contributed by atoms with Crippen LogP contribution in [0.25, 0.3) is 6.08 Å². The Morgan fingerprint density at radius 2 is 1.94 bits per heavy atom. The summed E-state index contributed by atoms with van der Waals surface area (Å²) in [4.78, 5) is 20.3. The Kier molecular flexibility index (Phi) is 8.28. The van der Waals surface area contributed by atoms with Crippen LogP contribution < -0.4 is 14.2 Å². The zero-order valence-corrected chi connectivity index (χ0v) is 22.1. The minimum atomic E-state index is -0.182. The van der Waals surface area contributed by atoms with Gasteiger partial charge in [0.2, 0.25) is 0 Å². The van der Waals surface area contributed by atoms with Gasteiger partial charge in [-0.3, -0.25) is 9.69 Å². The summed E-state index contributed by atoms with van der Waals surface area (Å²) in [5, 5.41) is 0.958. The predicted octanol–water partition coefficient (Wildman–Crippen LogP) is 6.93. The number of hydrogen-bond acceptors (Lipinski definition) is 7. The number of benzene rings is 2. The molecule has 1 aromatic heterocycles. The second kappa shape index (κ2) is 11.6. The van der Waals surface area contributed by atoms with E-state index in [1.165, 1.54) is 11.8 Å². The van der Waals surface area contributed by atoms with Gasteiger partial charge in [0.15, 0.2) is 16.7 Å². The van der Waals surface area contributed by atoms with Crippen molar-refractivity contribution >= 4 is 46.2 Å². The fourth-order valence-electron chi connectivity index (χ4n) is 3.43. The van der Waals surface area contributed by atoms with Gasteiger partial charge < -0.3 is 18.6 Å². The Bertz CT molecular complexity index is 1270. The van der Waals surface area contributed by atoms with Gasteiger partial charge in [-0.2, -0.15) is 0 Å². The molecule has 4 rings (SSSR count). The maximum absolute atomic E-state index is 13.4. The van der Waals surface area contributed by atoms with Crippen LogP contribution in [0.1, 0.15) is 31.6 Å². The van der Waals surface area contributed by atoms with E-state index in [1.807, 2.05) is 44.2 Å². The molecule has 0 saturated carbocycles. The van der Waals surface area contributed by atoms with Gasteiger partial charge in [0.25, 0.3) is 5.91 Å². The van der Waals surface area contributed by atoms with Crippen LogP contribution in [0.2, 0.25) is 5.02 Å². The molecule has 9 heteroatoms. The minimum Gasteiger partial charge on any atom is -0.497 e. The van der Waals surface area contributed by atoms with Crippen molar-refractivity contribution in [2.24, 2.45) is 4.99 Å². The predicted molar refractivity (Wildman–Crippen MR) is 143 cm³/mol. The summed E-state index contributed by atoms with van der Waals surface area (Å²) in [6.45, 7) is 4.26. The summed E-state index contributed by atoms with van der Waals surface area (Å²) in [5.74, 6) is 2.20. The lowest BCUT2D eigenvalue weighted by molar-refractivity contribution is -0.122. The normalized spacial score (nSPS) is 16.6. The van der Waals surface area contributed by atoms with E-state index in [-0.39, 0.29) is 18.6 Å². The Morgan fingerprint density at radius 1 is 1.17 bits per heavy atom. The van der Waals surface area contributed by atoms with Crippen molar-refractivity contribution in [1.82, 2.24) is 4.90 Å². The summed E-state index contributed by atoms with van der Waals surface area (Å²) in [7, 11) is 3.17. The van der Waals surface area contributed by atoms with Gasteiger partial charge in [-0.1, -0.05) is 18.5 Å². The number of rotatable bonds is 9. The van der Waals surface area contributed by atoms with Crippen LogP contribution in [-0.2, 0) is 11.3 Å². The number of amidine groups is 1. The first-order valence-corrected chi connectivity index (χ1v) is 12.6. The monoisotopic (exact) mass is 526 g/mol. The summed E-state index contributed by atoms with van der Waals surface area (Å²) in [5.41, 5.74) is 1.42. The Hall–Kier alpha value is -3.36. The van der Waals surface area contributed by atoms with Gasteiger partial charge in [0.1, 0.15) is 11.5 Å². The number of carbonyl (C=O) groups is 1. The number of hydrogen-bond donors (Lipinski definition) is 0. The molecule has 188 valence electrons. The summed E-state index contributed by atoms with van der Waals surface area (Å²) >= 11 is 7.82. The fraction of sp³-hybridized carbons (Fsp3) is 0.259. The minimum absolute atomic E-state index is 0.0144. The number of aliphatic imine (C=N–C) groups is 1. The van der Waals surface area contributed by atoms with E-state index in [2.05, 4.69) is 0 Å². The van der Waals surface area contributed by atoms with Gasteiger partial charge in [-0.15, -0.1) is 0 Å². The summed E-state index contributed by atoms with van der Waals surface area (Å²) < 4.78 is 22.2. The number of thioether (sulfide) groups is 1. The summed E-state index contributed by atoms with van der Waals surface area (Å²) in [6.07, 6.45) is 4.18. The van der Waals surface area contributed by atoms with E-state index in [4.69, 9.17) is 35.2 Å². The van der Waals surface area contributed by atoms with Crippen LogP contribution in [0.4, 0.5) is 5.69 Å². The quantitative estimate of drug-likeness (QED) is 0.281. The third-order valence-corrected chi connectivity index (χ3v) is 6.81. The van der Waals surface area contributed by atoms with Crippen LogP contribution >= 0.6 is 23.4 Å². The molecule has 1 aliphatic heterocycles. The first-order chi connectivity index (χ1) is 17.4. The van der Waals surface area contributed by atoms with Crippen molar-refractivity contribution in [1.29, 1.82) is 0 Å². The number of ether oxygens (including phenoxy) is 3. The van der Waals surface area contributed by atoms with E-state index < -0.39 is 0 Å². The van der Waals surface area contributed by atoms with Crippen molar-refractivity contribution in [2.75, 3.05) is 14.2 Å². The highest BCUT2D eigenvalue weighted by Gasteiger charge is 2.34. The molecule has 0 unspecified atom stereocenters. The Morgan fingerprint density at radius 3 is 2.58 bits per heavy atom. The van der Waals surface area contributed by atoms with Crippen molar-refractivity contribution in [3.05, 3.63) is 76.0 Å². The highest BCUT2D eigenvalue weighted by atomic mass is 35.5. The third-order valence-electron chi connectivity index (χ3n) is 5.52. The Labute approximate surface area is 219 Å². The number of nitrogens with zero attached hydrogens (tertiary/aromatic N) is 2. The fourth-order valence-corrected chi connectivity index (χ4v) is 4.69. The highest BCUT2D eigenvalue weighted by molar-refractivity contribution is 8.18. The molecule has 0 N–H and O–H groups in total. The second-order valence-electron chi connectivity index (χ2n) is 8.04. The van der Waals surface area contributed by atoms with Crippen molar-refractivity contribution in [3.8, 4) is 17.2 Å². The van der Waals surface area contributed by atoms with Crippen molar-refractivity contribution in [3.63, 3.8) is 0 Å². The lowest BCUT2D eigenvalue weighted by Crippen LogP contribution is -2.28. The van der Waals surface area contributed by atoms with Gasteiger partial charge in [0, 0.05) is 0 Å². The molecule has 0 radical (unpaired) electrons. The van der Waals surface area contributed by atoms with Crippen LogP contribution in [0.15, 0.2) is 69.1 Å². The number of methoxy groups -OCH3 is 2. The van der Waals surface area contributed by atoms with Crippen molar-refractivity contribution < 1.29 is 23.4 Å².